The minimum absolute atomic E-state index is 0.0368. The Morgan fingerprint density at radius 1 is 1.09 bits per heavy atom. The lowest BCUT2D eigenvalue weighted by atomic mass is 9.98. The number of hydrogen-bond donors (Lipinski definition) is 0. The van der Waals surface area contributed by atoms with Crippen molar-refractivity contribution >= 4 is 11.9 Å². The van der Waals surface area contributed by atoms with Crippen molar-refractivity contribution in [3.8, 4) is 6.07 Å². The lowest BCUT2D eigenvalue weighted by molar-refractivity contribution is -0.132. The van der Waals surface area contributed by atoms with Gasteiger partial charge in [-0.1, -0.05) is 12.1 Å². The second-order valence-corrected chi connectivity index (χ2v) is 8.06. The average Bonchev–Trinajstić information content (AvgIpc) is 2.80. The third-order valence-corrected chi connectivity index (χ3v) is 6.03. The van der Waals surface area contributed by atoms with E-state index in [4.69, 9.17) is 10.00 Å². The SMILES string of the molecule is N#Cc1cc(F)c(CC(=O)N2CCN(CCc3ccc4c(c3)CCOC4=O)CC2)cc1F. The Kier molecular flexibility index (Phi) is 6.47. The first-order valence-corrected chi connectivity index (χ1v) is 10.6. The summed E-state index contributed by atoms with van der Waals surface area (Å²) in [5.74, 6) is -2.08. The van der Waals surface area contributed by atoms with Crippen LogP contribution in [0.4, 0.5) is 8.78 Å². The number of carbonyl (C=O) groups is 2. The van der Waals surface area contributed by atoms with Gasteiger partial charge in [0.2, 0.25) is 5.91 Å². The van der Waals surface area contributed by atoms with Crippen LogP contribution in [0.25, 0.3) is 0 Å². The zero-order valence-corrected chi connectivity index (χ0v) is 17.6. The Morgan fingerprint density at radius 2 is 1.88 bits per heavy atom. The molecule has 1 saturated heterocycles. The van der Waals surface area contributed by atoms with Gasteiger partial charge in [-0.25, -0.2) is 13.6 Å². The fourth-order valence-electron chi connectivity index (χ4n) is 4.13. The van der Waals surface area contributed by atoms with E-state index >= 15 is 0 Å². The highest BCUT2D eigenvalue weighted by molar-refractivity contribution is 5.92. The predicted octanol–water partition coefficient (Wildman–Crippen LogP) is 2.48. The Labute approximate surface area is 185 Å². The standard InChI is InChI=1S/C24H23F2N3O3/c25-21-13-19(15-27)22(26)12-18(21)14-23(30)29-8-6-28(7-9-29)5-3-16-1-2-20-17(11-16)4-10-32-24(20)31/h1-2,11-13H,3-10,14H2. The van der Waals surface area contributed by atoms with Crippen molar-refractivity contribution in [3.05, 3.63) is 69.8 Å². The van der Waals surface area contributed by atoms with Gasteiger partial charge in [-0.3, -0.25) is 9.69 Å². The van der Waals surface area contributed by atoms with E-state index in [0.717, 1.165) is 42.6 Å². The van der Waals surface area contributed by atoms with Crippen LogP contribution in [0.2, 0.25) is 0 Å². The minimum Gasteiger partial charge on any atom is -0.462 e. The van der Waals surface area contributed by atoms with Crippen LogP contribution in [0.15, 0.2) is 30.3 Å². The van der Waals surface area contributed by atoms with Gasteiger partial charge >= 0.3 is 5.97 Å². The molecule has 2 aromatic carbocycles. The molecule has 0 N–H and O–H groups in total. The molecule has 0 bridgehead atoms. The summed E-state index contributed by atoms with van der Waals surface area (Å²) >= 11 is 0. The molecule has 6 nitrogen and oxygen atoms in total. The monoisotopic (exact) mass is 439 g/mol. The van der Waals surface area contributed by atoms with E-state index in [2.05, 4.69) is 11.0 Å². The van der Waals surface area contributed by atoms with Gasteiger partial charge in [0.1, 0.15) is 17.7 Å². The van der Waals surface area contributed by atoms with Crippen LogP contribution in [-0.2, 0) is 28.8 Å². The van der Waals surface area contributed by atoms with E-state index in [0.29, 0.717) is 38.3 Å². The highest BCUT2D eigenvalue weighted by atomic mass is 19.1. The van der Waals surface area contributed by atoms with Gasteiger partial charge in [0.25, 0.3) is 0 Å². The van der Waals surface area contributed by atoms with E-state index in [1.54, 1.807) is 11.0 Å². The number of cyclic esters (lactones) is 1. The lowest BCUT2D eigenvalue weighted by Gasteiger charge is -2.35. The molecule has 2 aromatic rings. The number of carbonyl (C=O) groups excluding carboxylic acids is 2. The van der Waals surface area contributed by atoms with Gasteiger partial charge in [-0.05, 0) is 35.7 Å². The summed E-state index contributed by atoms with van der Waals surface area (Å²) in [7, 11) is 0. The Bertz CT molecular complexity index is 1090. The maximum Gasteiger partial charge on any atom is 0.338 e. The Morgan fingerprint density at radius 3 is 2.62 bits per heavy atom. The van der Waals surface area contributed by atoms with E-state index in [1.807, 2.05) is 12.1 Å². The molecule has 0 unspecified atom stereocenters. The molecule has 0 atom stereocenters. The summed E-state index contributed by atoms with van der Waals surface area (Å²) in [5, 5.41) is 8.77. The first-order chi connectivity index (χ1) is 15.4. The Balaban J connectivity index is 1.27. The van der Waals surface area contributed by atoms with E-state index < -0.39 is 11.6 Å². The average molecular weight is 439 g/mol. The van der Waals surface area contributed by atoms with Gasteiger partial charge in [-0.2, -0.15) is 5.26 Å². The maximum absolute atomic E-state index is 14.1. The molecular formula is C24H23F2N3O3. The summed E-state index contributed by atoms with van der Waals surface area (Å²) in [4.78, 5) is 28.2. The second kappa shape index (κ2) is 9.45. The van der Waals surface area contributed by atoms with Crippen LogP contribution in [-0.4, -0.2) is 61.0 Å². The summed E-state index contributed by atoms with van der Waals surface area (Å²) in [6.45, 7) is 3.70. The van der Waals surface area contributed by atoms with Crippen molar-refractivity contribution in [2.45, 2.75) is 19.3 Å². The van der Waals surface area contributed by atoms with Gasteiger partial charge < -0.3 is 9.64 Å². The number of rotatable bonds is 5. The summed E-state index contributed by atoms with van der Waals surface area (Å²) < 4.78 is 32.9. The second-order valence-electron chi connectivity index (χ2n) is 8.06. The Hall–Kier alpha value is -3.31. The zero-order valence-electron chi connectivity index (χ0n) is 17.6. The zero-order chi connectivity index (χ0) is 22.7. The molecule has 0 radical (unpaired) electrons. The molecule has 0 aromatic heterocycles. The highest BCUT2D eigenvalue weighted by Crippen LogP contribution is 2.20. The van der Waals surface area contributed by atoms with Crippen LogP contribution < -0.4 is 0 Å². The molecule has 4 rings (SSSR count). The molecule has 2 aliphatic rings. The topological polar surface area (TPSA) is 73.6 Å². The fraction of sp³-hybridized carbons (Fsp3) is 0.375. The molecule has 0 saturated carbocycles. The number of ether oxygens (including phenoxy) is 1. The van der Waals surface area contributed by atoms with Crippen LogP contribution in [0, 0.1) is 23.0 Å². The molecule has 8 heteroatoms. The van der Waals surface area contributed by atoms with Gasteiger partial charge in [0.15, 0.2) is 0 Å². The van der Waals surface area contributed by atoms with Crippen LogP contribution >= 0.6 is 0 Å². The number of benzene rings is 2. The minimum atomic E-state index is -0.819. The smallest absolute Gasteiger partial charge is 0.338 e. The van der Waals surface area contributed by atoms with Gasteiger partial charge in [0.05, 0.1) is 24.2 Å². The molecule has 2 heterocycles. The molecule has 0 aliphatic carbocycles. The van der Waals surface area contributed by atoms with Crippen molar-refractivity contribution in [1.82, 2.24) is 9.80 Å². The van der Waals surface area contributed by atoms with Gasteiger partial charge in [-0.15, -0.1) is 0 Å². The number of hydrogen-bond acceptors (Lipinski definition) is 5. The van der Waals surface area contributed by atoms with E-state index in [1.165, 1.54) is 0 Å². The molecular weight excluding hydrogens is 416 g/mol. The third kappa shape index (κ3) is 4.78. The molecule has 0 spiro atoms. The van der Waals surface area contributed by atoms with E-state index in [-0.39, 0.29) is 29.4 Å². The van der Waals surface area contributed by atoms with E-state index in [9.17, 15) is 18.4 Å². The number of nitriles is 1. The van der Waals surface area contributed by atoms with Crippen LogP contribution in [0.3, 0.4) is 0 Å². The third-order valence-electron chi connectivity index (χ3n) is 6.03. The molecule has 2 aliphatic heterocycles. The lowest BCUT2D eigenvalue weighted by Crippen LogP contribution is -2.49. The molecule has 166 valence electrons. The van der Waals surface area contributed by atoms with Crippen molar-refractivity contribution in [2.75, 3.05) is 39.3 Å². The highest BCUT2D eigenvalue weighted by Gasteiger charge is 2.23. The number of fused-ring (bicyclic) bond motifs is 1. The van der Waals surface area contributed by atoms with Crippen molar-refractivity contribution in [2.24, 2.45) is 0 Å². The molecule has 1 amide bonds. The first kappa shape index (κ1) is 21.9. The normalized spacial score (nSPS) is 16.3. The largest absolute Gasteiger partial charge is 0.462 e. The van der Waals surface area contributed by atoms with Crippen LogP contribution in [0.5, 0.6) is 0 Å². The summed E-state index contributed by atoms with van der Waals surface area (Å²) in [6, 6.07) is 9.21. The first-order valence-electron chi connectivity index (χ1n) is 10.6. The quantitative estimate of drug-likeness (QED) is 0.670. The number of halogens is 2. The fourth-order valence-corrected chi connectivity index (χ4v) is 4.13. The summed E-state index contributed by atoms with van der Waals surface area (Å²) in [6.07, 6.45) is 1.34. The number of piperazine rings is 1. The van der Waals surface area contributed by atoms with Crippen LogP contribution in [0.1, 0.15) is 32.6 Å². The van der Waals surface area contributed by atoms with Crippen molar-refractivity contribution in [3.63, 3.8) is 0 Å². The number of amides is 1. The van der Waals surface area contributed by atoms with Crippen molar-refractivity contribution < 1.29 is 23.1 Å². The predicted molar refractivity (Wildman–Crippen MR) is 112 cm³/mol. The number of nitrogens with zero attached hydrogens (tertiary/aromatic N) is 3. The number of esters is 1. The maximum atomic E-state index is 14.1. The van der Waals surface area contributed by atoms with Crippen molar-refractivity contribution in [1.29, 1.82) is 5.26 Å². The molecule has 32 heavy (non-hydrogen) atoms. The molecule has 1 fully saturated rings. The summed E-state index contributed by atoms with van der Waals surface area (Å²) in [5.41, 5.74) is 2.43. The van der Waals surface area contributed by atoms with Gasteiger partial charge in [0, 0.05) is 44.7 Å².